The summed E-state index contributed by atoms with van der Waals surface area (Å²) < 4.78 is 0. The summed E-state index contributed by atoms with van der Waals surface area (Å²) in [5.41, 5.74) is 9.30. The van der Waals surface area contributed by atoms with Gasteiger partial charge in [-0.3, -0.25) is 4.98 Å². The average Bonchev–Trinajstić information content (AvgIpc) is 2.97. The third kappa shape index (κ3) is 2.74. The summed E-state index contributed by atoms with van der Waals surface area (Å²) in [5.74, 6) is 0. The lowest BCUT2D eigenvalue weighted by molar-refractivity contribution is 0.453. The molecular formula is C17H21N3. The van der Waals surface area contributed by atoms with Crippen molar-refractivity contribution in [2.45, 2.75) is 31.8 Å². The Bertz CT molecular complexity index is 625. The minimum atomic E-state index is 0.214. The molecule has 0 saturated heterocycles. The molecule has 1 aromatic heterocycles. The molecule has 0 fully saturated rings. The summed E-state index contributed by atoms with van der Waals surface area (Å²) in [7, 11) is 0. The molecule has 0 radical (unpaired) electrons. The summed E-state index contributed by atoms with van der Waals surface area (Å²) in [6, 6.07) is 11.4. The first-order valence-electron chi connectivity index (χ1n) is 7.24. The van der Waals surface area contributed by atoms with E-state index in [9.17, 15) is 0 Å². The molecule has 104 valence electrons. The molecule has 0 spiro atoms. The van der Waals surface area contributed by atoms with Crippen LogP contribution >= 0.6 is 0 Å². The summed E-state index contributed by atoms with van der Waals surface area (Å²) >= 11 is 0. The molecule has 1 unspecified atom stereocenters. The zero-order chi connectivity index (χ0) is 13.9. The van der Waals surface area contributed by atoms with E-state index in [0.717, 1.165) is 24.1 Å². The fraction of sp³-hybridized carbons (Fsp3) is 0.353. The fourth-order valence-electron chi connectivity index (χ4n) is 2.80. The third-order valence-corrected chi connectivity index (χ3v) is 3.94. The van der Waals surface area contributed by atoms with Gasteiger partial charge in [-0.05, 0) is 43.5 Å². The van der Waals surface area contributed by atoms with Crippen molar-refractivity contribution < 1.29 is 0 Å². The van der Waals surface area contributed by atoms with E-state index in [0.29, 0.717) is 12.6 Å². The number of aryl methyl sites for hydroxylation is 1. The van der Waals surface area contributed by atoms with E-state index in [1.807, 2.05) is 6.92 Å². The average molecular weight is 267 g/mol. The van der Waals surface area contributed by atoms with Gasteiger partial charge in [-0.2, -0.15) is 0 Å². The standard InChI is InChI=1S/C17H21N3/c1-12-6-7-13-10-14(8-9-16(13)19-12)17(11-18)20-15-4-2-3-5-15/h2-3,6-10,15,17,20H,4-5,11,18H2,1H3. The van der Waals surface area contributed by atoms with Crippen LogP contribution in [-0.2, 0) is 0 Å². The van der Waals surface area contributed by atoms with Crippen molar-refractivity contribution in [2.24, 2.45) is 5.73 Å². The number of rotatable bonds is 4. The Labute approximate surface area is 119 Å². The van der Waals surface area contributed by atoms with Gasteiger partial charge in [0.2, 0.25) is 0 Å². The minimum Gasteiger partial charge on any atom is -0.329 e. The van der Waals surface area contributed by atoms with Crippen LogP contribution in [0, 0.1) is 6.92 Å². The van der Waals surface area contributed by atoms with E-state index in [1.54, 1.807) is 0 Å². The molecule has 3 rings (SSSR count). The molecule has 0 aliphatic heterocycles. The highest BCUT2D eigenvalue weighted by Gasteiger charge is 2.16. The second-order valence-electron chi connectivity index (χ2n) is 5.50. The first kappa shape index (κ1) is 13.3. The Kier molecular flexibility index (Phi) is 3.81. The van der Waals surface area contributed by atoms with Crippen LogP contribution in [0.15, 0.2) is 42.5 Å². The number of fused-ring (bicyclic) bond motifs is 1. The molecule has 1 aliphatic carbocycles. The normalized spacial score (nSPS) is 16.9. The number of aromatic nitrogens is 1. The fourth-order valence-corrected chi connectivity index (χ4v) is 2.80. The Morgan fingerprint density at radius 1 is 1.25 bits per heavy atom. The monoisotopic (exact) mass is 267 g/mol. The molecule has 3 N–H and O–H groups in total. The highest BCUT2D eigenvalue weighted by Crippen LogP contribution is 2.21. The van der Waals surface area contributed by atoms with E-state index in [4.69, 9.17) is 5.73 Å². The van der Waals surface area contributed by atoms with Gasteiger partial charge in [0.15, 0.2) is 0 Å². The number of pyridine rings is 1. The Hall–Kier alpha value is -1.71. The van der Waals surface area contributed by atoms with Crippen LogP contribution in [0.2, 0.25) is 0 Å². The van der Waals surface area contributed by atoms with Crippen molar-refractivity contribution in [1.29, 1.82) is 0 Å². The van der Waals surface area contributed by atoms with Crippen molar-refractivity contribution >= 4 is 10.9 Å². The van der Waals surface area contributed by atoms with Crippen LogP contribution in [0.3, 0.4) is 0 Å². The third-order valence-electron chi connectivity index (χ3n) is 3.94. The predicted octanol–water partition coefficient (Wildman–Crippen LogP) is 2.85. The Morgan fingerprint density at radius 2 is 2.05 bits per heavy atom. The number of nitrogens with two attached hydrogens (primary N) is 1. The highest BCUT2D eigenvalue weighted by atomic mass is 15.0. The molecule has 1 heterocycles. The number of hydrogen-bond acceptors (Lipinski definition) is 3. The van der Waals surface area contributed by atoms with Crippen molar-refractivity contribution in [1.82, 2.24) is 10.3 Å². The highest BCUT2D eigenvalue weighted by molar-refractivity contribution is 5.79. The molecular weight excluding hydrogens is 246 g/mol. The van der Waals surface area contributed by atoms with Gasteiger partial charge in [0, 0.05) is 29.7 Å². The SMILES string of the molecule is Cc1ccc2cc(C(CN)NC3CC=CC3)ccc2n1. The summed E-state index contributed by atoms with van der Waals surface area (Å²) in [4.78, 5) is 4.54. The molecule has 20 heavy (non-hydrogen) atoms. The predicted molar refractivity (Wildman–Crippen MR) is 83.6 cm³/mol. The van der Waals surface area contributed by atoms with E-state index in [-0.39, 0.29) is 6.04 Å². The maximum Gasteiger partial charge on any atom is 0.0705 e. The van der Waals surface area contributed by atoms with Crippen molar-refractivity contribution in [3.05, 3.63) is 53.7 Å². The van der Waals surface area contributed by atoms with Crippen LogP contribution in [0.4, 0.5) is 0 Å². The molecule has 2 aromatic rings. The van der Waals surface area contributed by atoms with Gasteiger partial charge in [-0.25, -0.2) is 0 Å². The lowest BCUT2D eigenvalue weighted by Crippen LogP contribution is -2.35. The van der Waals surface area contributed by atoms with Gasteiger partial charge in [0.25, 0.3) is 0 Å². The van der Waals surface area contributed by atoms with E-state index < -0.39 is 0 Å². The van der Waals surface area contributed by atoms with Gasteiger partial charge in [0.05, 0.1) is 5.52 Å². The maximum atomic E-state index is 5.95. The van der Waals surface area contributed by atoms with E-state index in [2.05, 4.69) is 52.8 Å². The molecule has 3 nitrogen and oxygen atoms in total. The molecule has 1 atom stereocenters. The molecule has 0 amide bonds. The van der Waals surface area contributed by atoms with Gasteiger partial charge in [-0.15, -0.1) is 0 Å². The van der Waals surface area contributed by atoms with Crippen LogP contribution in [0.25, 0.3) is 10.9 Å². The Balaban J connectivity index is 1.85. The minimum absolute atomic E-state index is 0.214. The van der Waals surface area contributed by atoms with Crippen LogP contribution in [0.5, 0.6) is 0 Å². The topological polar surface area (TPSA) is 50.9 Å². The zero-order valence-corrected chi connectivity index (χ0v) is 11.8. The van der Waals surface area contributed by atoms with Crippen LogP contribution in [0.1, 0.15) is 30.1 Å². The lowest BCUT2D eigenvalue weighted by atomic mass is 10.0. The van der Waals surface area contributed by atoms with Crippen molar-refractivity contribution in [3.63, 3.8) is 0 Å². The molecule has 0 bridgehead atoms. The van der Waals surface area contributed by atoms with Gasteiger partial charge >= 0.3 is 0 Å². The summed E-state index contributed by atoms with van der Waals surface area (Å²) in [6.45, 7) is 2.63. The molecule has 1 aromatic carbocycles. The summed E-state index contributed by atoms with van der Waals surface area (Å²) in [6.07, 6.45) is 6.67. The second kappa shape index (κ2) is 5.73. The number of nitrogens with zero attached hydrogens (tertiary/aromatic N) is 1. The lowest BCUT2D eigenvalue weighted by Gasteiger charge is -2.22. The first-order chi connectivity index (χ1) is 9.76. The number of nitrogens with one attached hydrogen (secondary N) is 1. The number of hydrogen-bond donors (Lipinski definition) is 2. The number of benzene rings is 1. The van der Waals surface area contributed by atoms with Crippen molar-refractivity contribution in [2.75, 3.05) is 6.54 Å². The van der Waals surface area contributed by atoms with Crippen molar-refractivity contribution in [3.8, 4) is 0 Å². The second-order valence-corrected chi connectivity index (χ2v) is 5.50. The summed E-state index contributed by atoms with van der Waals surface area (Å²) in [5, 5.41) is 4.83. The van der Waals surface area contributed by atoms with E-state index >= 15 is 0 Å². The quantitative estimate of drug-likeness (QED) is 0.838. The molecule has 0 saturated carbocycles. The largest absolute Gasteiger partial charge is 0.329 e. The smallest absolute Gasteiger partial charge is 0.0705 e. The Morgan fingerprint density at radius 3 is 2.80 bits per heavy atom. The molecule has 3 heteroatoms. The van der Waals surface area contributed by atoms with Gasteiger partial charge in [0.1, 0.15) is 0 Å². The van der Waals surface area contributed by atoms with Crippen LogP contribution in [-0.4, -0.2) is 17.6 Å². The van der Waals surface area contributed by atoms with Gasteiger partial charge in [-0.1, -0.05) is 24.3 Å². The van der Waals surface area contributed by atoms with E-state index in [1.165, 1.54) is 10.9 Å². The molecule has 1 aliphatic rings. The van der Waals surface area contributed by atoms with Gasteiger partial charge < -0.3 is 11.1 Å². The first-order valence-corrected chi connectivity index (χ1v) is 7.24. The van der Waals surface area contributed by atoms with Crippen LogP contribution < -0.4 is 11.1 Å². The maximum absolute atomic E-state index is 5.95. The zero-order valence-electron chi connectivity index (χ0n) is 11.8.